The van der Waals surface area contributed by atoms with E-state index in [1.165, 1.54) is 11.1 Å². The van der Waals surface area contributed by atoms with Crippen molar-refractivity contribution in [1.29, 1.82) is 0 Å². The lowest BCUT2D eigenvalue weighted by molar-refractivity contribution is -0.0585. The minimum Gasteiger partial charge on any atom is -0.376 e. The third kappa shape index (κ3) is 4.53. The molecule has 0 aromatic heterocycles. The summed E-state index contributed by atoms with van der Waals surface area (Å²) >= 11 is 0. The molecular weight excluding hydrogens is 260 g/mol. The molecule has 1 heterocycles. The average molecular weight is 290 g/mol. The summed E-state index contributed by atoms with van der Waals surface area (Å²) in [5.41, 5.74) is 2.71. The van der Waals surface area contributed by atoms with Crippen molar-refractivity contribution in [3.8, 4) is 0 Å². The monoisotopic (exact) mass is 290 g/mol. The van der Waals surface area contributed by atoms with Gasteiger partial charge in [-0.1, -0.05) is 43.7 Å². The van der Waals surface area contributed by atoms with E-state index in [0.717, 1.165) is 32.7 Å². The molecule has 0 aliphatic carbocycles. The molecule has 2 rings (SSSR count). The summed E-state index contributed by atoms with van der Waals surface area (Å²) in [6.45, 7) is 12.7. The third-order valence-corrected chi connectivity index (χ3v) is 4.40. The molecule has 0 bridgehead atoms. The minimum atomic E-state index is 0.341. The first kappa shape index (κ1) is 16.5. The van der Waals surface area contributed by atoms with E-state index >= 15 is 0 Å². The summed E-state index contributed by atoms with van der Waals surface area (Å²) < 4.78 is 5.81. The first-order chi connectivity index (χ1) is 10.1. The van der Waals surface area contributed by atoms with Gasteiger partial charge in [-0.25, -0.2) is 0 Å². The lowest BCUT2D eigenvalue weighted by Crippen LogP contribution is -2.51. The molecule has 1 aliphatic heterocycles. The van der Waals surface area contributed by atoms with Gasteiger partial charge in [-0.05, 0) is 32.4 Å². The highest BCUT2D eigenvalue weighted by atomic mass is 16.5. The number of rotatable bonds is 6. The minimum absolute atomic E-state index is 0.341. The number of hydrogen-bond acceptors (Lipinski definition) is 3. The second-order valence-electron chi connectivity index (χ2n) is 6.18. The van der Waals surface area contributed by atoms with Gasteiger partial charge in [0.1, 0.15) is 0 Å². The van der Waals surface area contributed by atoms with Gasteiger partial charge in [-0.3, -0.25) is 4.90 Å². The van der Waals surface area contributed by atoms with Gasteiger partial charge < -0.3 is 10.1 Å². The van der Waals surface area contributed by atoms with Crippen molar-refractivity contribution in [1.82, 2.24) is 10.2 Å². The number of ether oxygens (including phenoxy) is 1. The molecule has 1 saturated heterocycles. The molecule has 0 radical (unpaired) electrons. The molecule has 21 heavy (non-hydrogen) atoms. The van der Waals surface area contributed by atoms with Gasteiger partial charge in [0.2, 0.25) is 0 Å². The molecule has 0 amide bonds. The Kier molecular flexibility index (Phi) is 6.22. The SMILES string of the molecule is CCNC(CN1CC(C)OCC1CC)c1ccc(C)cc1. The number of benzene rings is 1. The standard InChI is InChI=1S/C18H30N2O/c1-5-17-13-21-15(4)11-20(17)12-18(19-6-2)16-9-7-14(3)8-10-16/h7-10,15,17-19H,5-6,11-13H2,1-4H3. The van der Waals surface area contributed by atoms with Gasteiger partial charge in [0.25, 0.3) is 0 Å². The highest BCUT2D eigenvalue weighted by Gasteiger charge is 2.27. The van der Waals surface area contributed by atoms with E-state index in [1.54, 1.807) is 0 Å². The molecule has 0 spiro atoms. The summed E-state index contributed by atoms with van der Waals surface area (Å²) in [5, 5.41) is 3.64. The van der Waals surface area contributed by atoms with E-state index in [2.05, 4.69) is 62.2 Å². The topological polar surface area (TPSA) is 24.5 Å². The largest absolute Gasteiger partial charge is 0.376 e. The number of aryl methyl sites for hydroxylation is 1. The van der Waals surface area contributed by atoms with Crippen LogP contribution in [0.4, 0.5) is 0 Å². The Morgan fingerprint density at radius 1 is 1.29 bits per heavy atom. The predicted molar refractivity (Wildman–Crippen MR) is 88.7 cm³/mol. The highest BCUT2D eigenvalue weighted by Crippen LogP contribution is 2.21. The summed E-state index contributed by atoms with van der Waals surface area (Å²) in [6.07, 6.45) is 1.49. The van der Waals surface area contributed by atoms with Crippen LogP contribution in [0.15, 0.2) is 24.3 Å². The van der Waals surface area contributed by atoms with Crippen LogP contribution in [-0.4, -0.2) is 43.3 Å². The Morgan fingerprint density at radius 2 is 2.00 bits per heavy atom. The maximum atomic E-state index is 5.81. The number of hydrogen-bond donors (Lipinski definition) is 1. The quantitative estimate of drug-likeness (QED) is 0.871. The van der Waals surface area contributed by atoms with Crippen LogP contribution < -0.4 is 5.32 Å². The van der Waals surface area contributed by atoms with E-state index < -0.39 is 0 Å². The fraction of sp³-hybridized carbons (Fsp3) is 0.667. The Balaban J connectivity index is 2.08. The van der Waals surface area contributed by atoms with Gasteiger partial charge in [0, 0.05) is 25.2 Å². The Morgan fingerprint density at radius 3 is 2.62 bits per heavy atom. The van der Waals surface area contributed by atoms with E-state index in [-0.39, 0.29) is 0 Å². The molecule has 1 aromatic carbocycles. The van der Waals surface area contributed by atoms with Crippen molar-refractivity contribution >= 4 is 0 Å². The van der Waals surface area contributed by atoms with Gasteiger partial charge in [0.05, 0.1) is 12.7 Å². The van der Waals surface area contributed by atoms with Crippen LogP contribution in [0.2, 0.25) is 0 Å². The third-order valence-electron chi connectivity index (χ3n) is 4.40. The molecule has 3 unspecified atom stereocenters. The fourth-order valence-electron chi connectivity index (χ4n) is 3.08. The zero-order valence-corrected chi connectivity index (χ0v) is 13.9. The van der Waals surface area contributed by atoms with Crippen LogP contribution in [0.25, 0.3) is 0 Å². The smallest absolute Gasteiger partial charge is 0.0674 e. The van der Waals surface area contributed by atoms with E-state index in [1.807, 2.05) is 0 Å². The Hall–Kier alpha value is -0.900. The summed E-state index contributed by atoms with van der Waals surface area (Å²) in [4.78, 5) is 2.60. The molecule has 1 N–H and O–H groups in total. The summed E-state index contributed by atoms with van der Waals surface area (Å²) in [6, 6.07) is 9.88. The van der Waals surface area contributed by atoms with Gasteiger partial charge in [-0.15, -0.1) is 0 Å². The molecule has 0 saturated carbocycles. The van der Waals surface area contributed by atoms with E-state index in [0.29, 0.717) is 18.2 Å². The fourth-order valence-corrected chi connectivity index (χ4v) is 3.08. The number of nitrogens with zero attached hydrogens (tertiary/aromatic N) is 1. The van der Waals surface area contributed by atoms with Crippen LogP contribution in [0, 0.1) is 6.92 Å². The molecule has 1 aliphatic rings. The van der Waals surface area contributed by atoms with Crippen molar-refractivity contribution in [3.63, 3.8) is 0 Å². The first-order valence-electron chi connectivity index (χ1n) is 8.29. The summed E-state index contributed by atoms with van der Waals surface area (Å²) in [5.74, 6) is 0. The van der Waals surface area contributed by atoms with Crippen molar-refractivity contribution in [2.45, 2.75) is 52.3 Å². The lowest BCUT2D eigenvalue weighted by atomic mass is 10.0. The first-order valence-corrected chi connectivity index (χ1v) is 8.29. The van der Waals surface area contributed by atoms with Crippen LogP contribution in [-0.2, 0) is 4.74 Å². The molecule has 1 aromatic rings. The van der Waals surface area contributed by atoms with Crippen molar-refractivity contribution < 1.29 is 4.74 Å². The van der Waals surface area contributed by atoms with Crippen LogP contribution in [0.5, 0.6) is 0 Å². The zero-order valence-electron chi connectivity index (χ0n) is 13.9. The van der Waals surface area contributed by atoms with Crippen LogP contribution in [0.3, 0.4) is 0 Å². The zero-order chi connectivity index (χ0) is 15.2. The molecule has 3 nitrogen and oxygen atoms in total. The second-order valence-corrected chi connectivity index (χ2v) is 6.18. The van der Waals surface area contributed by atoms with Gasteiger partial charge in [-0.2, -0.15) is 0 Å². The molecule has 3 atom stereocenters. The molecule has 118 valence electrons. The maximum Gasteiger partial charge on any atom is 0.0674 e. The van der Waals surface area contributed by atoms with Crippen molar-refractivity contribution in [2.75, 3.05) is 26.2 Å². The number of likely N-dealkylation sites (N-methyl/N-ethyl adjacent to an activating group) is 1. The second kappa shape index (κ2) is 7.92. The Labute approximate surface area is 129 Å². The highest BCUT2D eigenvalue weighted by molar-refractivity contribution is 5.24. The molecule has 1 fully saturated rings. The Bertz CT molecular complexity index is 418. The molecule has 3 heteroatoms. The predicted octanol–water partition coefficient (Wildman–Crippen LogP) is 3.14. The van der Waals surface area contributed by atoms with Crippen LogP contribution >= 0.6 is 0 Å². The molecular formula is C18H30N2O. The van der Waals surface area contributed by atoms with Gasteiger partial charge >= 0.3 is 0 Å². The van der Waals surface area contributed by atoms with Crippen molar-refractivity contribution in [2.24, 2.45) is 0 Å². The average Bonchev–Trinajstić information content (AvgIpc) is 2.48. The van der Waals surface area contributed by atoms with Crippen molar-refractivity contribution in [3.05, 3.63) is 35.4 Å². The van der Waals surface area contributed by atoms with Crippen LogP contribution in [0.1, 0.15) is 44.4 Å². The summed E-state index contributed by atoms with van der Waals surface area (Å²) in [7, 11) is 0. The van der Waals surface area contributed by atoms with E-state index in [9.17, 15) is 0 Å². The lowest BCUT2D eigenvalue weighted by Gasteiger charge is -2.40. The normalized spacial score (nSPS) is 25.0. The maximum absolute atomic E-state index is 5.81. The van der Waals surface area contributed by atoms with Gasteiger partial charge in [0.15, 0.2) is 0 Å². The number of nitrogens with one attached hydrogen (secondary N) is 1. The number of morpholine rings is 1. The van der Waals surface area contributed by atoms with E-state index in [4.69, 9.17) is 4.74 Å².